The number of nitrogens with one attached hydrogen (secondary N) is 1. The zero-order valence-corrected chi connectivity index (χ0v) is 13.7. The first-order chi connectivity index (χ1) is 10.1. The van der Waals surface area contributed by atoms with Gasteiger partial charge < -0.3 is 10.1 Å². The Morgan fingerprint density at radius 3 is 2.86 bits per heavy atom. The maximum atomic E-state index is 12.1. The Morgan fingerprint density at radius 1 is 1.43 bits per heavy atom. The van der Waals surface area contributed by atoms with Gasteiger partial charge in [-0.2, -0.15) is 0 Å². The average Bonchev–Trinajstić information content (AvgIpc) is 2.49. The van der Waals surface area contributed by atoms with Crippen LogP contribution >= 0.6 is 27.5 Å². The zero-order valence-electron chi connectivity index (χ0n) is 11.3. The molecule has 1 N–H and O–H groups in total. The van der Waals surface area contributed by atoms with Gasteiger partial charge in [-0.25, -0.2) is 0 Å². The average molecular weight is 370 g/mol. The van der Waals surface area contributed by atoms with Crippen LogP contribution in [0.25, 0.3) is 0 Å². The number of aromatic nitrogens is 1. The van der Waals surface area contributed by atoms with Gasteiger partial charge in [0.15, 0.2) is 0 Å². The van der Waals surface area contributed by atoms with E-state index in [-0.39, 0.29) is 12.0 Å². The smallest absolute Gasteiger partial charge is 0.252 e. The number of benzene rings is 1. The molecule has 0 aliphatic rings. The van der Waals surface area contributed by atoms with Gasteiger partial charge in [-0.05, 0) is 28.1 Å². The summed E-state index contributed by atoms with van der Waals surface area (Å²) in [7, 11) is 1.58. The number of pyridine rings is 1. The monoisotopic (exact) mass is 368 g/mol. The largest absolute Gasteiger partial charge is 0.375 e. The molecule has 0 aliphatic heterocycles. The number of rotatable bonds is 5. The fourth-order valence-corrected chi connectivity index (χ4v) is 2.50. The number of hydrogen-bond acceptors (Lipinski definition) is 3. The van der Waals surface area contributed by atoms with E-state index in [0.717, 1.165) is 10.0 Å². The number of nitrogens with zero attached hydrogens (tertiary/aromatic N) is 1. The van der Waals surface area contributed by atoms with Crippen molar-refractivity contribution in [2.24, 2.45) is 0 Å². The Labute approximate surface area is 136 Å². The molecule has 2 rings (SSSR count). The van der Waals surface area contributed by atoms with Crippen molar-refractivity contribution in [3.63, 3.8) is 0 Å². The van der Waals surface area contributed by atoms with Crippen LogP contribution in [0.2, 0.25) is 5.02 Å². The normalized spacial score (nSPS) is 12.0. The molecule has 1 heterocycles. The van der Waals surface area contributed by atoms with Crippen LogP contribution in [0.5, 0.6) is 0 Å². The molecule has 1 atom stereocenters. The summed E-state index contributed by atoms with van der Waals surface area (Å²) >= 11 is 9.43. The van der Waals surface area contributed by atoms with Crippen molar-refractivity contribution in [2.75, 3.05) is 13.7 Å². The maximum absolute atomic E-state index is 12.1. The van der Waals surface area contributed by atoms with Gasteiger partial charge in [-0.3, -0.25) is 9.78 Å². The minimum absolute atomic E-state index is 0.210. The number of halogens is 2. The first-order valence-electron chi connectivity index (χ1n) is 6.27. The quantitative estimate of drug-likeness (QED) is 0.876. The first kappa shape index (κ1) is 15.9. The van der Waals surface area contributed by atoms with Crippen molar-refractivity contribution < 1.29 is 9.53 Å². The van der Waals surface area contributed by atoms with Crippen molar-refractivity contribution in [1.29, 1.82) is 0 Å². The number of methoxy groups -OCH3 is 1. The zero-order chi connectivity index (χ0) is 15.2. The topological polar surface area (TPSA) is 51.2 Å². The molecule has 4 nitrogen and oxygen atoms in total. The second kappa shape index (κ2) is 7.54. The highest BCUT2D eigenvalue weighted by molar-refractivity contribution is 9.10. The van der Waals surface area contributed by atoms with Crippen molar-refractivity contribution in [3.8, 4) is 0 Å². The van der Waals surface area contributed by atoms with Crippen LogP contribution < -0.4 is 5.32 Å². The third kappa shape index (κ3) is 4.27. The molecular weight excluding hydrogens is 356 g/mol. The number of amides is 1. The molecule has 0 saturated carbocycles. The summed E-state index contributed by atoms with van der Waals surface area (Å²) < 4.78 is 6.16. The van der Waals surface area contributed by atoms with Crippen LogP contribution in [0.1, 0.15) is 22.0 Å². The molecule has 0 spiro atoms. The third-order valence-electron chi connectivity index (χ3n) is 2.95. The molecular formula is C15H14BrClN2O2. The molecule has 1 amide bonds. The third-order valence-corrected chi connectivity index (χ3v) is 3.73. The summed E-state index contributed by atoms with van der Waals surface area (Å²) in [6.07, 6.45) is 2.83. The molecule has 0 fully saturated rings. The maximum Gasteiger partial charge on any atom is 0.252 e. The van der Waals surface area contributed by atoms with E-state index in [1.54, 1.807) is 25.4 Å². The first-order valence-corrected chi connectivity index (χ1v) is 7.45. The summed E-state index contributed by atoms with van der Waals surface area (Å²) in [6.45, 7) is 0.325. The summed E-state index contributed by atoms with van der Waals surface area (Å²) in [4.78, 5) is 16.0. The Balaban J connectivity index is 2.04. The lowest BCUT2D eigenvalue weighted by atomic mass is 10.1. The van der Waals surface area contributed by atoms with E-state index in [1.807, 2.05) is 18.2 Å². The van der Waals surface area contributed by atoms with Crippen LogP contribution in [0, 0.1) is 0 Å². The standard InChI is InChI=1S/C15H14BrClN2O2/c1-21-14(12-4-2-3-5-13(12)17)9-19-15(20)10-6-11(16)8-18-7-10/h2-8,14H,9H2,1H3,(H,19,20)/t14-/m0/s1. The lowest BCUT2D eigenvalue weighted by Crippen LogP contribution is -2.29. The van der Waals surface area contributed by atoms with Crippen LogP contribution in [-0.2, 0) is 4.74 Å². The van der Waals surface area contributed by atoms with E-state index in [4.69, 9.17) is 16.3 Å². The molecule has 21 heavy (non-hydrogen) atoms. The lowest BCUT2D eigenvalue weighted by molar-refractivity contribution is 0.0828. The Bertz CT molecular complexity index is 637. The van der Waals surface area contributed by atoms with Crippen molar-refractivity contribution in [3.05, 3.63) is 63.3 Å². The molecule has 0 bridgehead atoms. The lowest BCUT2D eigenvalue weighted by Gasteiger charge is -2.17. The van der Waals surface area contributed by atoms with Gasteiger partial charge in [0.1, 0.15) is 6.10 Å². The van der Waals surface area contributed by atoms with Crippen molar-refractivity contribution in [1.82, 2.24) is 10.3 Å². The van der Waals surface area contributed by atoms with Crippen LogP contribution in [-0.4, -0.2) is 24.5 Å². The van der Waals surface area contributed by atoms with Crippen LogP contribution in [0.4, 0.5) is 0 Å². The fourth-order valence-electron chi connectivity index (χ4n) is 1.88. The summed E-state index contributed by atoms with van der Waals surface area (Å²) in [5, 5.41) is 3.43. The minimum Gasteiger partial charge on any atom is -0.375 e. The molecule has 110 valence electrons. The second-order valence-electron chi connectivity index (χ2n) is 4.35. The molecule has 6 heteroatoms. The van der Waals surface area contributed by atoms with E-state index in [0.29, 0.717) is 17.1 Å². The number of ether oxygens (including phenoxy) is 1. The highest BCUT2D eigenvalue weighted by Crippen LogP contribution is 2.24. The predicted octanol–water partition coefficient (Wildman–Crippen LogP) is 3.62. The van der Waals surface area contributed by atoms with Gasteiger partial charge in [0.2, 0.25) is 0 Å². The molecule has 0 aliphatic carbocycles. The number of hydrogen-bond donors (Lipinski definition) is 1. The molecule has 0 unspecified atom stereocenters. The van der Waals surface area contributed by atoms with E-state index < -0.39 is 0 Å². The Hall–Kier alpha value is -1.43. The molecule has 0 radical (unpaired) electrons. The van der Waals surface area contributed by atoms with Gasteiger partial charge in [0.05, 0.1) is 5.56 Å². The number of carbonyl (C=O) groups excluding carboxylic acids is 1. The highest BCUT2D eigenvalue weighted by Gasteiger charge is 2.15. The van der Waals surface area contributed by atoms with Gasteiger partial charge in [-0.1, -0.05) is 29.8 Å². The molecule has 2 aromatic rings. The Kier molecular flexibility index (Phi) is 5.73. The van der Waals surface area contributed by atoms with Gasteiger partial charge >= 0.3 is 0 Å². The fraction of sp³-hybridized carbons (Fsp3) is 0.200. The highest BCUT2D eigenvalue weighted by atomic mass is 79.9. The van der Waals surface area contributed by atoms with E-state index in [9.17, 15) is 4.79 Å². The van der Waals surface area contributed by atoms with Crippen molar-refractivity contribution >= 4 is 33.4 Å². The minimum atomic E-state index is -0.303. The van der Waals surface area contributed by atoms with Gasteiger partial charge in [0.25, 0.3) is 5.91 Å². The van der Waals surface area contributed by atoms with Gasteiger partial charge in [-0.15, -0.1) is 0 Å². The second-order valence-corrected chi connectivity index (χ2v) is 5.67. The Morgan fingerprint density at radius 2 is 2.19 bits per heavy atom. The van der Waals surface area contributed by atoms with Crippen LogP contribution in [0.15, 0.2) is 47.2 Å². The summed E-state index contributed by atoms with van der Waals surface area (Å²) in [5.41, 5.74) is 1.33. The van der Waals surface area contributed by atoms with E-state index >= 15 is 0 Å². The SMILES string of the molecule is CO[C@@H](CNC(=O)c1cncc(Br)c1)c1ccccc1Cl. The molecule has 0 saturated heterocycles. The van der Waals surface area contributed by atoms with E-state index in [1.165, 1.54) is 6.20 Å². The predicted molar refractivity (Wildman–Crippen MR) is 85.5 cm³/mol. The van der Waals surface area contributed by atoms with E-state index in [2.05, 4.69) is 26.2 Å². The summed E-state index contributed by atoms with van der Waals surface area (Å²) in [5.74, 6) is -0.210. The number of carbonyl (C=O) groups is 1. The van der Waals surface area contributed by atoms with Crippen LogP contribution in [0.3, 0.4) is 0 Å². The summed E-state index contributed by atoms with van der Waals surface area (Å²) in [6, 6.07) is 9.11. The van der Waals surface area contributed by atoms with Crippen molar-refractivity contribution in [2.45, 2.75) is 6.10 Å². The molecule has 1 aromatic heterocycles. The van der Waals surface area contributed by atoms with Gasteiger partial charge in [0, 0.05) is 41.1 Å². The molecule has 1 aromatic carbocycles.